The first kappa shape index (κ1) is 11.6. The van der Waals surface area contributed by atoms with Crippen LogP contribution in [0.15, 0.2) is 18.3 Å². The number of rotatable bonds is 4. The maximum absolute atomic E-state index is 4.50. The maximum Gasteiger partial charge on any atom is 0.151 e. The van der Waals surface area contributed by atoms with Gasteiger partial charge in [0.15, 0.2) is 5.82 Å². The molecule has 0 fully saturated rings. The van der Waals surface area contributed by atoms with E-state index in [-0.39, 0.29) is 0 Å². The Kier molecular flexibility index (Phi) is 3.37. The topological polar surface area (TPSA) is 55.6 Å². The summed E-state index contributed by atoms with van der Waals surface area (Å²) in [4.78, 5) is 8.68. The quantitative estimate of drug-likeness (QED) is 0.872. The van der Waals surface area contributed by atoms with Crippen LogP contribution in [0.5, 0.6) is 0 Å². The molecule has 0 aromatic carbocycles. The molecule has 2 aromatic rings. The summed E-state index contributed by atoms with van der Waals surface area (Å²) in [5, 5.41) is 7.52. The van der Waals surface area contributed by atoms with Crippen molar-refractivity contribution in [2.45, 2.75) is 26.7 Å². The van der Waals surface area contributed by atoms with Gasteiger partial charge in [0, 0.05) is 32.2 Å². The molecule has 0 saturated carbocycles. The first-order valence-corrected chi connectivity index (χ1v) is 5.87. The van der Waals surface area contributed by atoms with Crippen LogP contribution in [0.25, 0.3) is 5.69 Å². The maximum atomic E-state index is 4.50. The van der Waals surface area contributed by atoms with E-state index in [1.54, 1.807) is 6.20 Å². The monoisotopic (exact) mass is 231 g/mol. The summed E-state index contributed by atoms with van der Waals surface area (Å²) in [7, 11) is 1.85. The zero-order valence-electron chi connectivity index (χ0n) is 10.4. The van der Waals surface area contributed by atoms with E-state index in [9.17, 15) is 0 Å². The van der Waals surface area contributed by atoms with Crippen molar-refractivity contribution < 1.29 is 0 Å². The van der Waals surface area contributed by atoms with Crippen LogP contribution in [0.4, 0.5) is 5.82 Å². The lowest BCUT2D eigenvalue weighted by Gasteiger charge is -2.05. The minimum Gasteiger partial charge on any atom is -0.373 e. The van der Waals surface area contributed by atoms with Crippen molar-refractivity contribution >= 4 is 5.82 Å². The van der Waals surface area contributed by atoms with E-state index in [0.717, 1.165) is 36.0 Å². The molecule has 0 bridgehead atoms. The van der Waals surface area contributed by atoms with Gasteiger partial charge in [-0.3, -0.25) is 0 Å². The summed E-state index contributed by atoms with van der Waals surface area (Å²) in [6.45, 7) is 4.14. The van der Waals surface area contributed by atoms with Crippen LogP contribution in [0, 0.1) is 0 Å². The first-order chi connectivity index (χ1) is 8.28. The zero-order valence-corrected chi connectivity index (χ0v) is 10.4. The normalized spacial score (nSPS) is 10.5. The van der Waals surface area contributed by atoms with Gasteiger partial charge in [0.05, 0.1) is 5.69 Å². The van der Waals surface area contributed by atoms with Crippen LogP contribution >= 0.6 is 0 Å². The van der Waals surface area contributed by atoms with Crippen molar-refractivity contribution in [1.29, 1.82) is 0 Å². The first-order valence-electron chi connectivity index (χ1n) is 5.87. The summed E-state index contributed by atoms with van der Waals surface area (Å²) < 4.78 is 1.89. The molecule has 90 valence electrons. The van der Waals surface area contributed by atoms with Gasteiger partial charge in [-0.05, 0) is 6.07 Å². The molecule has 5 heteroatoms. The van der Waals surface area contributed by atoms with Crippen molar-refractivity contribution in [2.75, 3.05) is 12.4 Å². The Morgan fingerprint density at radius 1 is 1.29 bits per heavy atom. The molecule has 1 N–H and O–H groups in total. The van der Waals surface area contributed by atoms with E-state index in [2.05, 4.69) is 34.2 Å². The van der Waals surface area contributed by atoms with E-state index in [1.165, 1.54) is 0 Å². The Morgan fingerprint density at radius 3 is 2.76 bits per heavy atom. The van der Waals surface area contributed by atoms with Crippen molar-refractivity contribution in [1.82, 2.24) is 19.7 Å². The smallest absolute Gasteiger partial charge is 0.151 e. The number of hydrogen-bond acceptors (Lipinski definition) is 4. The number of hydrogen-bond donors (Lipinski definition) is 1. The molecular formula is C12H17N5. The SMILES string of the molecule is CCc1nc(CC)n(-c2ccnc(NC)c2)n1. The molecule has 5 nitrogen and oxygen atoms in total. The fourth-order valence-corrected chi connectivity index (χ4v) is 1.67. The van der Waals surface area contributed by atoms with Crippen molar-refractivity contribution in [3.05, 3.63) is 30.0 Å². The number of nitrogens with one attached hydrogen (secondary N) is 1. The van der Waals surface area contributed by atoms with E-state index in [0.29, 0.717) is 0 Å². The Hall–Kier alpha value is -1.91. The Labute approximate surface area is 101 Å². The van der Waals surface area contributed by atoms with E-state index in [1.807, 2.05) is 23.9 Å². The number of pyridine rings is 1. The van der Waals surface area contributed by atoms with Crippen LogP contribution in [-0.2, 0) is 12.8 Å². The Morgan fingerprint density at radius 2 is 2.12 bits per heavy atom. The Balaban J connectivity index is 2.47. The molecule has 2 rings (SSSR count). The second-order valence-electron chi connectivity index (χ2n) is 3.71. The highest BCUT2D eigenvalue weighted by molar-refractivity contribution is 5.44. The lowest BCUT2D eigenvalue weighted by Crippen LogP contribution is -2.03. The molecule has 0 aliphatic carbocycles. The fourth-order valence-electron chi connectivity index (χ4n) is 1.67. The standard InChI is InChI=1S/C12H17N5/c1-4-10-15-12(5-2)17(16-10)9-6-7-14-11(8-9)13-3/h6-8H,4-5H2,1-3H3,(H,13,14). The van der Waals surface area contributed by atoms with Crippen LogP contribution in [-0.4, -0.2) is 26.8 Å². The predicted octanol–water partition coefficient (Wildman–Crippen LogP) is 1.83. The second-order valence-corrected chi connectivity index (χ2v) is 3.71. The summed E-state index contributed by atoms with van der Waals surface area (Å²) in [6.07, 6.45) is 3.49. The molecule has 2 heterocycles. The average molecular weight is 231 g/mol. The molecule has 0 amide bonds. The van der Waals surface area contributed by atoms with E-state index < -0.39 is 0 Å². The Bertz CT molecular complexity index is 503. The van der Waals surface area contributed by atoms with Gasteiger partial charge in [0.25, 0.3) is 0 Å². The minimum absolute atomic E-state index is 0.832. The molecule has 0 atom stereocenters. The molecular weight excluding hydrogens is 214 g/mol. The fraction of sp³-hybridized carbons (Fsp3) is 0.417. The summed E-state index contributed by atoms with van der Waals surface area (Å²) in [6, 6.07) is 3.90. The average Bonchev–Trinajstić information content (AvgIpc) is 2.82. The largest absolute Gasteiger partial charge is 0.373 e. The highest BCUT2D eigenvalue weighted by Gasteiger charge is 2.09. The molecule has 2 aromatic heterocycles. The predicted molar refractivity (Wildman–Crippen MR) is 67.5 cm³/mol. The van der Waals surface area contributed by atoms with Crippen LogP contribution in [0.3, 0.4) is 0 Å². The van der Waals surface area contributed by atoms with Gasteiger partial charge in [-0.1, -0.05) is 13.8 Å². The van der Waals surface area contributed by atoms with Gasteiger partial charge < -0.3 is 5.32 Å². The minimum atomic E-state index is 0.832. The third kappa shape index (κ3) is 2.27. The van der Waals surface area contributed by atoms with E-state index in [4.69, 9.17) is 0 Å². The molecule has 0 saturated heterocycles. The highest BCUT2D eigenvalue weighted by Crippen LogP contribution is 2.13. The summed E-state index contributed by atoms with van der Waals surface area (Å²) in [5.41, 5.74) is 0.994. The number of aromatic nitrogens is 4. The van der Waals surface area contributed by atoms with Gasteiger partial charge in [-0.2, -0.15) is 5.10 Å². The van der Waals surface area contributed by atoms with Gasteiger partial charge in [0.2, 0.25) is 0 Å². The molecule has 0 unspecified atom stereocenters. The van der Waals surface area contributed by atoms with E-state index >= 15 is 0 Å². The van der Waals surface area contributed by atoms with Crippen molar-refractivity contribution in [3.8, 4) is 5.69 Å². The number of anilines is 1. The highest BCUT2D eigenvalue weighted by atomic mass is 15.3. The van der Waals surface area contributed by atoms with Gasteiger partial charge in [-0.15, -0.1) is 0 Å². The van der Waals surface area contributed by atoms with Gasteiger partial charge in [-0.25, -0.2) is 14.6 Å². The summed E-state index contributed by atoms with van der Waals surface area (Å²) >= 11 is 0. The molecule has 0 aliphatic rings. The molecule has 0 spiro atoms. The number of aryl methyl sites for hydroxylation is 2. The third-order valence-electron chi connectivity index (χ3n) is 2.59. The number of nitrogens with zero attached hydrogens (tertiary/aromatic N) is 4. The summed E-state index contributed by atoms with van der Waals surface area (Å²) in [5.74, 6) is 2.69. The van der Waals surface area contributed by atoms with Crippen LogP contribution < -0.4 is 5.32 Å². The molecule has 0 radical (unpaired) electrons. The second kappa shape index (κ2) is 4.95. The zero-order chi connectivity index (χ0) is 12.3. The van der Waals surface area contributed by atoms with Crippen LogP contribution in [0.2, 0.25) is 0 Å². The lowest BCUT2D eigenvalue weighted by molar-refractivity contribution is 0.790. The third-order valence-corrected chi connectivity index (χ3v) is 2.59. The van der Waals surface area contributed by atoms with Gasteiger partial charge >= 0.3 is 0 Å². The molecule has 17 heavy (non-hydrogen) atoms. The van der Waals surface area contributed by atoms with Crippen LogP contribution in [0.1, 0.15) is 25.5 Å². The van der Waals surface area contributed by atoms with Gasteiger partial charge in [0.1, 0.15) is 11.6 Å². The van der Waals surface area contributed by atoms with Crippen molar-refractivity contribution in [2.24, 2.45) is 0 Å². The van der Waals surface area contributed by atoms with Crippen molar-refractivity contribution in [3.63, 3.8) is 0 Å². The molecule has 0 aliphatic heterocycles. The lowest BCUT2D eigenvalue weighted by atomic mass is 10.3.